The van der Waals surface area contributed by atoms with Crippen LogP contribution in [0.3, 0.4) is 0 Å². The standard InChI is InChI=1S/C11H22/c1-10(2,3)8-7-9-11(4,5)6/h7-8H,9H2,1-6H3. The maximum Gasteiger partial charge on any atom is -0.0203 e. The fourth-order valence-corrected chi connectivity index (χ4v) is 0.766. The molecule has 0 aromatic carbocycles. The average molecular weight is 154 g/mol. The minimum absolute atomic E-state index is 0.339. The number of hydrogen-bond donors (Lipinski definition) is 0. The molecular formula is C11H22. The largest absolute Gasteiger partial charge is 0.0875 e. The van der Waals surface area contributed by atoms with Crippen LogP contribution in [0, 0.1) is 10.8 Å². The molecule has 0 spiro atoms. The molecule has 0 amide bonds. The summed E-state index contributed by atoms with van der Waals surface area (Å²) in [7, 11) is 0. The molecule has 0 fully saturated rings. The molecule has 0 aliphatic heterocycles. The van der Waals surface area contributed by atoms with E-state index in [4.69, 9.17) is 0 Å². The van der Waals surface area contributed by atoms with E-state index in [9.17, 15) is 0 Å². The molecule has 0 atom stereocenters. The molecule has 66 valence electrons. The summed E-state index contributed by atoms with van der Waals surface area (Å²) in [6.07, 6.45) is 5.75. The fraction of sp³-hybridized carbons (Fsp3) is 0.818. The Morgan fingerprint density at radius 2 is 1.36 bits per heavy atom. The molecule has 0 saturated carbocycles. The zero-order valence-electron chi connectivity index (χ0n) is 8.86. The summed E-state index contributed by atoms with van der Waals surface area (Å²) >= 11 is 0. The maximum atomic E-state index is 2.29. The predicted octanol–water partition coefficient (Wildman–Crippen LogP) is 4.02. The lowest BCUT2D eigenvalue weighted by Crippen LogP contribution is -2.04. The van der Waals surface area contributed by atoms with Gasteiger partial charge in [-0.1, -0.05) is 53.7 Å². The van der Waals surface area contributed by atoms with Gasteiger partial charge in [-0.3, -0.25) is 0 Å². The highest BCUT2D eigenvalue weighted by Gasteiger charge is 2.08. The van der Waals surface area contributed by atoms with Gasteiger partial charge < -0.3 is 0 Å². The molecule has 0 rings (SSSR count). The van der Waals surface area contributed by atoms with Crippen molar-refractivity contribution in [2.75, 3.05) is 0 Å². The second kappa shape index (κ2) is 3.42. The van der Waals surface area contributed by atoms with Gasteiger partial charge in [-0.2, -0.15) is 0 Å². The van der Waals surface area contributed by atoms with E-state index in [-0.39, 0.29) is 0 Å². The fourth-order valence-electron chi connectivity index (χ4n) is 0.766. The molecule has 0 aromatic heterocycles. The molecule has 0 aliphatic carbocycles. The summed E-state index contributed by atoms with van der Waals surface area (Å²) in [5, 5.41) is 0. The summed E-state index contributed by atoms with van der Waals surface area (Å²) < 4.78 is 0. The van der Waals surface area contributed by atoms with Crippen LogP contribution in [0.2, 0.25) is 0 Å². The summed E-state index contributed by atoms with van der Waals surface area (Å²) in [5.41, 5.74) is 0.771. The van der Waals surface area contributed by atoms with Crippen molar-refractivity contribution < 1.29 is 0 Å². The summed E-state index contributed by atoms with van der Waals surface area (Å²) in [6.45, 7) is 13.5. The molecule has 0 saturated heterocycles. The quantitative estimate of drug-likeness (QED) is 0.500. The highest BCUT2D eigenvalue weighted by molar-refractivity contribution is 4.93. The van der Waals surface area contributed by atoms with Crippen LogP contribution >= 0.6 is 0 Å². The summed E-state index contributed by atoms with van der Waals surface area (Å²) in [5.74, 6) is 0. The lowest BCUT2D eigenvalue weighted by molar-refractivity contribution is 0.417. The summed E-state index contributed by atoms with van der Waals surface area (Å²) in [4.78, 5) is 0. The lowest BCUT2D eigenvalue weighted by Gasteiger charge is -2.17. The van der Waals surface area contributed by atoms with Crippen molar-refractivity contribution in [3.05, 3.63) is 12.2 Å². The maximum absolute atomic E-state index is 2.29. The van der Waals surface area contributed by atoms with Gasteiger partial charge in [-0.25, -0.2) is 0 Å². The van der Waals surface area contributed by atoms with E-state index in [1.165, 1.54) is 6.42 Å². The number of allylic oxidation sites excluding steroid dienone is 2. The SMILES string of the molecule is CC(C)(C)C=CCC(C)(C)C. The van der Waals surface area contributed by atoms with Crippen LogP contribution in [-0.4, -0.2) is 0 Å². The van der Waals surface area contributed by atoms with E-state index in [0.29, 0.717) is 10.8 Å². The minimum atomic E-state index is 0.339. The normalized spacial score (nSPS) is 14.4. The van der Waals surface area contributed by atoms with Gasteiger partial charge in [0.15, 0.2) is 0 Å². The first-order chi connectivity index (χ1) is 4.71. The highest BCUT2D eigenvalue weighted by atomic mass is 14.1. The van der Waals surface area contributed by atoms with Gasteiger partial charge in [0.1, 0.15) is 0 Å². The Hall–Kier alpha value is -0.260. The first-order valence-electron chi connectivity index (χ1n) is 4.38. The lowest BCUT2D eigenvalue weighted by atomic mass is 9.89. The first kappa shape index (κ1) is 10.7. The molecule has 0 heterocycles. The average Bonchev–Trinajstić information content (AvgIpc) is 1.55. The smallest absolute Gasteiger partial charge is 0.0203 e. The van der Waals surface area contributed by atoms with Gasteiger partial charge in [0, 0.05) is 0 Å². The topological polar surface area (TPSA) is 0 Å². The third-order valence-electron chi connectivity index (χ3n) is 1.35. The minimum Gasteiger partial charge on any atom is -0.0875 e. The van der Waals surface area contributed by atoms with Gasteiger partial charge in [-0.15, -0.1) is 0 Å². The molecule has 0 nitrogen and oxygen atoms in total. The van der Waals surface area contributed by atoms with Crippen LogP contribution < -0.4 is 0 Å². The van der Waals surface area contributed by atoms with Crippen LogP contribution in [0.1, 0.15) is 48.0 Å². The number of rotatable bonds is 1. The molecule has 0 heteroatoms. The van der Waals surface area contributed by atoms with E-state index >= 15 is 0 Å². The van der Waals surface area contributed by atoms with Gasteiger partial charge in [0.05, 0.1) is 0 Å². The predicted molar refractivity (Wildman–Crippen MR) is 52.7 cm³/mol. The van der Waals surface area contributed by atoms with Gasteiger partial charge in [0.2, 0.25) is 0 Å². The second-order valence-electron chi connectivity index (χ2n) is 5.53. The highest BCUT2D eigenvalue weighted by Crippen LogP contribution is 2.21. The Morgan fingerprint density at radius 3 is 1.64 bits per heavy atom. The van der Waals surface area contributed by atoms with E-state index in [0.717, 1.165) is 0 Å². The molecule has 0 radical (unpaired) electrons. The molecule has 0 unspecified atom stereocenters. The van der Waals surface area contributed by atoms with E-state index in [2.05, 4.69) is 53.7 Å². The van der Waals surface area contributed by atoms with Crippen molar-refractivity contribution in [2.24, 2.45) is 10.8 Å². The Labute approximate surface area is 71.7 Å². The zero-order valence-corrected chi connectivity index (χ0v) is 8.86. The van der Waals surface area contributed by atoms with E-state index < -0.39 is 0 Å². The molecule has 0 N–H and O–H groups in total. The molecule has 0 aliphatic rings. The van der Waals surface area contributed by atoms with Crippen molar-refractivity contribution >= 4 is 0 Å². The van der Waals surface area contributed by atoms with Gasteiger partial charge in [0.25, 0.3) is 0 Å². The van der Waals surface area contributed by atoms with Crippen molar-refractivity contribution in [3.8, 4) is 0 Å². The van der Waals surface area contributed by atoms with Crippen molar-refractivity contribution in [1.29, 1.82) is 0 Å². The summed E-state index contributed by atoms with van der Waals surface area (Å²) in [6, 6.07) is 0. The number of hydrogen-bond acceptors (Lipinski definition) is 0. The van der Waals surface area contributed by atoms with E-state index in [1.807, 2.05) is 0 Å². The van der Waals surface area contributed by atoms with Crippen LogP contribution in [-0.2, 0) is 0 Å². The van der Waals surface area contributed by atoms with Gasteiger partial charge >= 0.3 is 0 Å². The van der Waals surface area contributed by atoms with Crippen molar-refractivity contribution in [1.82, 2.24) is 0 Å². The Balaban J connectivity index is 3.80. The third-order valence-corrected chi connectivity index (χ3v) is 1.35. The van der Waals surface area contributed by atoms with Gasteiger partial charge in [-0.05, 0) is 17.3 Å². The molecular weight excluding hydrogens is 132 g/mol. The van der Waals surface area contributed by atoms with E-state index in [1.54, 1.807) is 0 Å². The van der Waals surface area contributed by atoms with Crippen LogP contribution in [0.5, 0.6) is 0 Å². The van der Waals surface area contributed by atoms with Crippen LogP contribution in [0.4, 0.5) is 0 Å². The van der Waals surface area contributed by atoms with Crippen LogP contribution in [0.15, 0.2) is 12.2 Å². The zero-order chi connectivity index (χ0) is 9.12. The Morgan fingerprint density at radius 1 is 0.909 bits per heavy atom. The van der Waals surface area contributed by atoms with Crippen molar-refractivity contribution in [2.45, 2.75) is 48.0 Å². The Bertz CT molecular complexity index is 127. The molecule has 0 bridgehead atoms. The Kier molecular flexibility index (Phi) is 3.34. The van der Waals surface area contributed by atoms with Crippen LogP contribution in [0.25, 0.3) is 0 Å². The monoisotopic (exact) mass is 154 g/mol. The van der Waals surface area contributed by atoms with Crippen molar-refractivity contribution in [3.63, 3.8) is 0 Å². The molecule has 11 heavy (non-hydrogen) atoms. The third kappa shape index (κ3) is 9.74. The second-order valence-corrected chi connectivity index (χ2v) is 5.53. The molecule has 0 aromatic rings. The first-order valence-corrected chi connectivity index (χ1v) is 4.38.